The summed E-state index contributed by atoms with van der Waals surface area (Å²) in [5.41, 5.74) is 5.40. The smallest absolute Gasteiger partial charge is 0.325 e. The van der Waals surface area contributed by atoms with Crippen molar-refractivity contribution in [2.24, 2.45) is 5.73 Å². The highest BCUT2D eigenvalue weighted by atomic mass is 16.4. The van der Waals surface area contributed by atoms with Crippen LogP contribution in [0.3, 0.4) is 0 Å². The number of aliphatic carboxylic acids is 3. The minimum Gasteiger partial charge on any atom is -0.481 e. The van der Waals surface area contributed by atoms with Crippen LogP contribution in [0.1, 0.15) is 26.7 Å². The summed E-state index contributed by atoms with van der Waals surface area (Å²) in [4.78, 5) is 69.0. The van der Waals surface area contributed by atoms with Crippen LogP contribution in [-0.4, -0.2) is 86.3 Å². The first-order chi connectivity index (χ1) is 13.3. The van der Waals surface area contributed by atoms with Crippen molar-refractivity contribution in [2.75, 3.05) is 0 Å². The van der Waals surface area contributed by atoms with Crippen molar-refractivity contribution in [3.05, 3.63) is 0 Å². The molecule has 14 heteroatoms. The van der Waals surface area contributed by atoms with Crippen LogP contribution >= 0.6 is 0 Å². The summed E-state index contributed by atoms with van der Waals surface area (Å²) in [6.07, 6.45) is -3.19. The number of amides is 3. The first-order valence-electron chi connectivity index (χ1n) is 8.27. The van der Waals surface area contributed by atoms with E-state index in [1.165, 1.54) is 6.92 Å². The highest BCUT2D eigenvalue weighted by molar-refractivity contribution is 5.96. The Bertz CT molecular complexity index is 665. The summed E-state index contributed by atoms with van der Waals surface area (Å²) in [6.45, 7) is 2.29. The topological polar surface area (TPSA) is 245 Å². The van der Waals surface area contributed by atoms with Gasteiger partial charge in [-0.15, -0.1) is 0 Å². The number of aliphatic hydroxyl groups excluding tert-OH is 1. The molecular weight excluding hydrogens is 396 g/mol. The van der Waals surface area contributed by atoms with Gasteiger partial charge in [0.25, 0.3) is 0 Å². The SMILES string of the molecule is CC(NC(=O)C(CC(=O)O)NC(=O)C(CC(=O)O)NC(=O)C(N)C(C)O)C(=O)O. The van der Waals surface area contributed by atoms with Crippen LogP contribution in [0.25, 0.3) is 0 Å². The van der Waals surface area contributed by atoms with E-state index in [2.05, 4.69) is 0 Å². The van der Waals surface area contributed by atoms with Crippen molar-refractivity contribution in [3.63, 3.8) is 0 Å². The van der Waals surface area contributed by atoms with Crippen LogP contribution in [0.4, 0.5) is 0 Å². The van der Waals surface area contributed by atoms with E-state index in [9.17, 15) is 33.9 Å². The van der Waals surface area contributed by atoms with Gasteiger partial charge in [-0.2, -0.15) is 0 Å². The molecule has 0 aliphatic rings. The normalized spacial score (nSPS) is 15.7. The van der Waals surface area contributed by atoms with Crippen molar-refractivity contribution in [1.82, 2.24) is 16.0 Å². The monoisotopic (exact) mass is 420 g/mol. The number of carboxylic acid groups (broad SMARTS) is 3. The van der Waals surface area contributed by atoms with E-state index in [0.29, 0.717) is 0 Å². The number of nitrogens with one attached hydrogen (secondary N) is 3. The first kappa shape index (κ1) is 25.7. The Balaban J connectivity index is 5.41. The van der Waals surface area contributed by atoms with Crippen LogP contribution in [0.5, 0.6) is 0 Å². The molecule has 0 heterocycles. The summed E-state index contributed by atoms with van der Waals surface area (Å²) in [6, 6.07) is -6.37. The van der Waals surface area contributed by atoms with Gasteiger partial charge in [0.15, 0.2) is 0 Å². The van der Waals surface area contributed by atoms with Crippen LogP contribution < -0.4 is 21.7 Å². The molecule has 0 fully saturated rings. The molecule has 5 unspecified atom stereocenters. The Morgan fingerprint density at radius 3 is 1.48 bits per heavy atom. The van der Waals surface area contributed by atoms with Gasteiger partial charge in [0.2, 0.25) is 17.7 Å². The van der Waals surface area contributed by atoms with Gasteiger partial charge in [-0.05, 0) is 13.8 Å². The van der Waals surface area contributed by atoms with E-state index in [1.54, 1.807) is 0 Å². The minimum absolute atomic E-state index is 0.933. The van der Waals surface area contributed by atoms with Crippen LogP contribution in [0.2, 0.25) is 0 Å². The Hall–Kier alpha value is -3.26. The number of carboxylic acids is 3. The average molecular weight is 420 g/mol. The molecule has 0 spiro atoms. The number of nitrogens with two attached hydrogens (primary N) is 1. The van der Waals surface area contributed by atoms with Gasteiger partial charge in [-0.3, -0.25) is 28.8 Å². The van der Waals surface area contributed by atoms with Gasteiger partial charge >= 0.3 is 17.9 Å². The summed E-state index contributed by atoms with van der Waals surface area (Å²) >= 11 is 0. The second kappa shape index (κ2) is 11.6. The van der Waals surface area contributed by atoms with Crippen molar-refractivity contribution in [1.29, 1.82) is 0 Å². The lowest BCUT2D eigenvalue weighted by Crippen LogP contribution is -2.58. The van der Waals surface area contributed by atoms with Crippen molar-refractivity contribution in [3.8, 4) is 0 Å². The van der Waals surface area contributed by atoms with Gasteiger partial charge in [0.1, 0.15) is 24.2 Å². The molecule has 0 rings (SSSR count). The van der Waals surface area contributed by atoms with E-state index >= 15 is 0 Å². The van der Waals surface area contributed by atoms with Crippen molar-refractivity contribution in [2.45, 2.75) is 57.0 Å². The Morgan fingerprint density at radius 2 is 1.14 bits per heavy atom. The average Bonchev–Trinajstić information content (AvgIpc) is 2.58. The van der Waals surface area contributed by atoms with Gasteiger partial charge in [-0.1, -0.05) is 0 Å². The second-order valence-corrected chi connectivity index (χ2v) is 6.15. The Morgan fingerprint density at radius 1 is 0.759 bits per heavy atom. The molecule has 0 aromatic carbocycles. The number of hydrogen-bond acceptors (Lipinski definition) is 8. The second-order valence-electron chi connectivity index (χ2n) is 6.15. The lowest BCUT2D eigenvalue weighted by atomic mass is 10.1. The minimum atomic E-state index is -1.75. The quantitative estimate of drug-likeness (QED) is 0.152. The maximum atomic E-state index is 12.3. The number of carbonyl (C=O) groups is 6. The molecule has 164 valence electrons. The van der Waals surface area contributed by atoms with Crippen LogP contribution in [0, 0.1) is 0 Å². The lowest BCUT2D eigenvalue weighted by molar-refractivity contribution is -0.144. The summed E-state index contributed by atoms with van der Waals surface area (Å²) < 4.78 is 0. The number of aliphatic hydroxyl groups is 1. The third kappa shape index (κ3) is 9.48. The number of rotatable bonds is 12. The largest absolute Gasteiger partial charge is 0.481 e. The molecule has 0 radical (unpaired) electrons. The molecule has 9 N–H and O–H groups in total. The molecule has 0 bridgehead atoms. The third-order valence-electron chi connectivity index (χ3n) is 3.58. The van der Waals surface area contributed by atoms with E-state index in [1.807, 2.05) is 16.0 Å². The summed E-state index contributed by atoms with van der Waals surface area (Å²) in [7, 11) is 0. The zero-order chi connectivity index (χ0) is 22.9. The van der Waals surface area contributed by atoms with E-state index in [-0.39, 0.29) is 0 Å². The maximum absolute atomic E-state index is 12.3. The van der Waals surface area contributed by atoms with Crippen LogP contribution in [0.15, 0.2) is 0 Å². The van der Waals surface area contributed by atoms with Gasteiger partial charge in [0, 0.05) is 0 Å². The molecule has 0 saturated carbocycles. The molecule has 0 aliphatic heterocycles. The van der Waals surface area contributed by atoms with E-state index in [0.717, 1.165) is 6.92 Å². The molecule has 0 aromatic heterocycles. The zero-order valence-corrected chi connectivity index (χ0v) is 15.6. The third-order valence-corrected chi connectivity index (χ3v) is 3.58. The first-order valence-corrected chi connectivity index (χ1v) is 8.27. The van der Waals surface area contributed by atoms with Crippen molar-refractivity contribution < 1.29 is 49.2 Å². The fourth-order valence-corrected chi connectivity index (χ4v) is 1.90. The Labute approximate surface area is 164 Å². The number of hydrogen-bond donors (Lipinski definition) is 8. The van der Waals surface area contributed by atoms with Crippen LogP contribution in [-0.2, 0) is 28.8 Å². The summed E-state index contributed by atoms with van der Waals surface area (Å²) in [5.74, 6) is -7.85. The van der Waals surface area contributed by atoms with Gasteiger partial charge < -0.3 is 42.1 Å². The predicted molar refractivity (Wildman–Crippen MR) is 93.3 cm³/mol. The highest BCUT2D eigenvalue weighted by Crippen LogP contribution is 2.01. The van der Waals surface area contributed by atoms with Crippen molar-refractivity contribution >= 4 is 35.6 Å². The maximum Gasteiger partial charge on any atom is 0.325 e. The standard InChI is InChI=1S/C15H24N4O10/c1-5(15(28)29)17-12(25)7(3-9(21)22)18-13(26)8(4-10(23)24)19-14(27)11(16)6(2)20/h5-8,11,20H,3-4,16H2,1-2H3,(H,17,25)(H,18,26)(H,19,27)(H,21,22)(H,23,24)(H,28,29). The van der Waals surface area contributed by atoms with Gasteiger partial charge in [0.05, 0.1) is 18.9 Å². The molecule has 3 amide bonds. The molecule has 0 aromatic rings. The molecule has 14 nitrogen and oxygen atoms in total. The fourth-order valence-electron chi connectivity index (χ4n) is 1.90. The Kier molecular flexibility index (Phi) is 10.3. The lowest BCUT2D eigenvalue weighted by Gasteiger charge is -2.23. The molecule has 5 atom stereocenters. The molecule has 29 heavy (non-hydrogen) atoms. The van der Waals surface area contributed by atoms with Gasteiger partial charge in [-0.25, -0.2) is 0 Å². The molecule has 0 saturated heterocycles. The number of carbonyl (C=O) groups excluding carboxylic acids is 3. The molecular formula is C15H24N4O10. The summed E-state index contributed by atoms with van der Waals surface area (Å²) in [5, 5.41) is 41.8. The predicted octanol–water partition coefficient (Wildman–Crippen LogP) is -3.80. The zero-order valence-electron chi connectivity index (χ0n) is 15.6. The van der Waals surface area contributed by atoms with E-state index in [4.69, 9.17) is 21.1 Å². The van der Waals surface area contributed by atoms with E-state index < -0.39 is 78.7 Å². The fraction of sp³-hybridized carbons (Fsp3) is 0.600. The highest BCUT2D eigenvalue weighted by Gasteiger charge is 2.32. The molecule has 0 aliphatic carbocycles.